The average molecular weight is 553 g/mol. The van der Waals surface area contributed by atoms with E-state index in [0.717, 1.165) is 6.42 Å². The van der Waals surface area contributed by atoms with Crippen LogP contribution in [0.5, 0.6) is 23.0 Å². The second kappa shape index (κ2) is 11.8. The maximum Gasteiger partial charge on any atom is 0.338 e. The molecule has 0 aliphatic carbocycles. The molecular weight excluding hydrogens is 520 g/mol. The Morgan fingerprint density at radius 1 is 1.10 bits per heavy atom. The van der Waals surface area contributed by atoms with Crippen LogP contribution in [0.15, 0.2) is 57.5 Å². The highest BCUT2D eigenvalue weighted by Crippen LogP contribution is 2.36. The van der Waals surface area contributed by atoms with Crippen molar-refractivity contribution in [1.29, 1.82) is 0 Å². The first kappa shape index (κ1) is 28.0. The predicted octanol–water partition coefficient (Wildman–Crippen LogP) is 3.56. The molecule has 0 amide bonds. The van der Waals surface area contributed by atoms with Gasteiger partial charge in [-0.05, 0) is 60.7 Å². The molecule has 1 aromatic heterocycles. The van der Waals surface area contributed by atoms with E-state index in [-0.39, 0.29) is 16.9 Å². The topological polar surface area (TPSA) is 109 Å². The van der Waals surface area contributed by atoms with E-state index in [9.17, 15) is 14.7 Å². The van der Waals surface area contributed by atoms with Gasteiger partial charge in [0, 0.05) is 0 Å². The second-order valence-electron chi connectivity index (χ2n) is 9.45. The number of benzene rings is 2. The Balaban J connectivity index is 1.87. The summed E-state index contributed by atoms with van der Waals surface area (Å²) in [5.74, 6) is 1.29. The van der Waals surface area contributed by atoms with Gasteiger partial charge in [-0.15, -0.1) is 0 Å². The van der Waals surface area contributed by atoms with Crippen LogP contribution < -0.4 is 29.1 Å². The van der Waals surface area contributed by atoms with Crippen LogP contribution >= 0.6 is 11.3 Å². The average Bonchev–Trinajstić information content (AvgIpc) is 3.22. The van der Waals surface area contributed by atoms with Gasteiger partial charge in [0.15, 0.2) is 27.8 Å². The summed E-state index contributed by atoms with van der Waals surface area (Å²) < 4.78 is 23.8. The summed E-state index contributed by atoms with van der Waals surface area (Å²) in [5, 5.41) is 9.93. The monoisotopic (exact) mass is 552 g/mol. The molecule has 0 radical (unpaired) electrons. The van der Waals surface area contributed by atoms with Crippen LogP contribution in [0.1, 0.15) is 44.4 Å². The molecule has 3 aromatic rings. The molecule has 0 spiro atoms. The van der Waals surface area contributed by atoms with Crippen molar-refractivity contribution in [2.45, 2.75) is 33.2 Å². The Labute approximate surface area is 230 Å². The van der Waals surface area contributed by atoms with E-state index in [1.54, 1.807) is 44.4 Å². The maximum absolute atomic E-state index is 13.8. The minimum atomic E-state index is -0.788. The number of esters is 1. The van der Waals surface area contributed by atoms with E-state index in [4.69, 9.17) is 18.9 Å². The number of allylic oxidation sites excluding steroid dienone is 1. The van der Waals surface area contributed by atoms with Gasteiger partial charge < -0.3 is 24.1 Å². The quantitative estimate of drug-likeness (QED) is 0.405. The molecule has 9 nitrogen and oxygen atoms in total. The molecule has 1 aliphatic rings. The number of ether oxygens (including phenoxy) is 4. The zero-order chi connectivity index (χ0) is 28.3. The highest BCUT2D eigenvalue weighted by atomic mass is 32.1. The van der Waals surface area contributed by atoms with E-state index in [1.807, 2.05) is 6.07 Å². The number of thiazole rings is 1. The number of carbonyl (C=O) groups excluding carboxylic acids is 1. The Kier molecular flexibility index (Phi) is 8.44. The summed E-state index contributed by atoms with van der Waals surface area (Å²) in [6.07, 6.45) is 2.59. The van der Waals surface area contributed by atoms with Gasteiger partial charge in [0.25, 0.3) is 5.56 Å². The van der Waals surface area contributed by atoms with Crippen LogP contribution in [0.25, 0.3) is 6.08 Å². The fraction of sp³-hybridized carbons (Fsp3) is 0.345. The Morgan fingerprint density at radius 3 is 2.51 bits per heavy atom. The summed E-state index contributed by atoms with van der Waals surface area (Å²) in [4.78, 5) is 31.8. The molecule has 0 bridgehead atoms. The van der Waals surface area contributed by atoms with Gasteiger partial charge in [0.05, 0.1) is 49.8 Å². The van der Waals surface area contributed by atoms with Crippen molar-refractivity contribution < 1.29 is 28.8 Å². The molecule has 1 unspecified atom stereocenters. The van der Waals surface area contributed by atoms with Crippen molar-refractivity contribution in [2.24, 2.45) is 10.9 Å². The predicted molar refractivity (Wildman–Crippen MR) is 148 cm³/mol. The van der Waals surface area contributed by atoms with Crippen LogP contribution in [0.2, 0.25) is 0 Å². The largest absolute Gasteiger partial charge is 0.504 e. The van der Waals surface area contributed by atoms with Crippen LogP contribution in [-0.4, -0.2) is 43.6 Å². The summed E-state index contributed by atoms with van der Waals surface area (Å²) in [5.41, 5.74) is 1.72. The normalized spacial score (nSPS) is 15.2. The van der Waals surface area contributed by atoms with Crippen molar-refractivity contribution in [3.8, 4) is 23.0 Å². The van der Waals surface area contributed by atoms with E-state index < -0.39 is 12.0 Å². The third-order valence-electron chi connectivity index (χ3n) is 6.38. The number of nitrogens with zero attached hydrogens (tertiary/aromatic N) is 2. The van der Waals surface area contributed by atoms with Crippen molar-refractivity contribution in [2.75, 3.05) is 27.9 Å². The molecule has 1 N–H and O–H groups in total. The number of hydrogen-bond acceptors (Lipinski definition) is 9. The third kappa shape index (κ3) is 5.70. The number of carbonyl (C=O) groups is 1. The van der Waals surface area contributed by atoms with Gasteiger partial charge in [-0.25, -0.2) is 9.79 Å². The lowest BCUT2D eigenvalue weighted by Gasteiger charge is -2.25. The van der Waals surface area contributed by atoms with Gasteiger partial charge in [0.1, 0.15) is 0 Å². The molecule has 1 atom stereocenters. The van der Waals surface area contributed by atoms with Crippen LogP contribution in [0.3, 0.4) is 0 Å². The smallest absolute Gasteiger partial charge is 0.338 e. The molecule has 39 heavy (non-hydrogen) atoms. The van der Waals surface area contributed by atoms with Crippen molar-refractivity contribution in [3.05, 3.63) is 78.5 Å². The molecule has 0 fully saturated rings. The maximum atomic E-state index is 13.8. The Hall–Kier alpha value is -4.05. The third-order valence-corrected chi connectivity index (χ3v) is 7.37. The molecule has 206 valence electrons. The Bertz CT molecular complexity index is 1600. The lowest BCUT2D eigenvalue weighted by molar-refractivity contribution is -0.136. The SMILES string of the molecule is COC(=O)C1=C(C)N=c2s/c(=C\c3ccc(O)c(OC)c3)c(=O)n2C1c1ccc(OCCC(C)C)c(OC)c1. The number of methoxy groups -OCH3 is 3. The molecule has 0 saturated carbocycles. The summed E-state index contributed by atoms with van der Waals surface area (Å²) in [6.45, 7) is 6.51. The molecule has 2 heterocycles. The van der Waals surface area contributed by atoms with Gasteiger partial charge >= 0.3 is 5.97 Å². The van der Waals surface area contributed by atoms with E-state index in [2.05, 4.69) is 18.8 Å². The summed E-state index contributed by atoms with van der Waals surface area (Å²) in [7, 11) is 4.31. The fourth-order valence-corrected chi connectivity index (χ4v) is 5.37. The number of phenolic OH excluding ortho intramolecular Hbond substituents is 1. The number of hydrogen-bond donors (Lipinski definition) is 1. The summed E-state index contributed by atoms with van der Waals surface area (Å²) in [6, 6.07) is 9.42. The van der Waals surface area contributed by atoms with Gasteiger partial charge in [-0.3, -0.25) is 9.36 Å². The molecule has 0 saturated heterocycles. The van der Waals surface area contributed by atoms with E-state index in [0.29, 0.717) is 55.9 Å². The van der Waals surface area contributed by atoms with Gasteiger partial charge in [-0.1, -0.05) is 37.3 Å². The molecule has 1 aliphatic heterocycles. The first-order valence-corrected chi connectivity index (χ1v) is 13.3. The number of phenols is 1. The van der Waals surface area contributed by atoms with Crippen LogP contribution in [-0.2, 0) is 9.53 Å². The van der Waals surface area contributed by atoms with Crippen LogP contribution in [0.4, 0.5) is 0 Å². The number of fused-ring (bicyclic) bond motifs is 1. The van der Waals surface area contributed by atoms with Gasteiger partial charge in [0.2, 0.25) is 0 Å². The van der Waals surface area contributed by atoms with E-state index >= 15 is 0 Å². The van der Waals surface area contributed by atoms with Gasteiger partial charge in [-0.2, -0.15) is 0 Å². The minimum absolute atomic E-state index is 0.0000317. The zero-order valence-corrected chi connectivity index (χ0v) is 23.6. The number of aromatic nitrogens is 1. The number of aromatic hydroxyl groups is 1. The lowest BCUT2D eigenvalue weighted by Crippen LogP contribution is -2.39. The highest BCUT2D eigenvalue weighted by Gasteiger charge is 2.33. The van der Waals surface area contributed by atoms with Crippen molar-refractivity contribution in [3.63, 3.8) is 0 Å². The van der Waals surface area contributed by atoms with E-state index in [1.165, 1.54) is 36.2 Å². The molecule has 10 heteroatoms. The van der Waals surface area contributed by atoms with Crippen molar-refractivity contribution >= 4 is 23.4 Å². The zero-order valence-electron chi connectivity index (χ0n) is 22.8. The summed E-state index contributed by atoms with van der Waals surface area (Å²) >= 11 is 1.21. The Morgan fingerprint density at radius 2 is 1.85 bits per heavy atom. The first-order valence-electron chi connectivity index (χ1n) is 12.5. The molecule has 4 rings (SSSR count). The van der Waals surface area contributed by atoms with Crippen LogP contribution in [0, 0.1) is 5.92 Å². The minimum Gasteiger partial charge on any atom is -0.504 e. The standard InChI is InChI=1S/C29H32N2O7S/c1-16(2)11-12-38-21-10-8-19(15-23(21)36-5)26-25(28(34)37-6)17(3)30-29-31(26)27(33)24(39-29)14-18-7-9-20(32)22(13-18)35-4/h7-10,13-16,26,32H,11-12H2,1-6H3/b24-14-. The molecule has 2 aromatic carbocycles. The molecular formula is C29H32N2O7S. The van der Waals surface area contributed by atoms with Crippen molar-refractivity contribution in [1.82, 2.24) is 4.57 Å². The first-order chi connectivity index (χ1) is 18.7. The number of rotatable bonds is 9. The fourth-order valence-electron chi connectivity index (χ4n) is 4.32. The lowest BCUT2D eigenvalue weighted by atomic mass is 9.95. The highest BCUT2D eigenvalue weighted by molar-refractivity contribution is 7.07. The second-order valence-corrected chi connectivity index (χ2v) is 10.5.